The standard InChI is InChI=1S/C29H34N2O/c1-31(21-12-11-15-24-13-5-2-6-14-24)22-20-27(23-31)29(28(30)32,25-16-7-3-8-17-25)26-18-9-4-10-19-26/h2-10,13-14,16-19,27H,11-12,15,20-23H2,1H3,(H-,30,32)/p+1. The Kier molecular flexibility index (Phi) is 6.76. The number of hydrogen-bond donors (Lipinski definition) is 1. The van der Waals surface area contributed by atoms with Gasteiger partial charge in [-0.15, -0.1) is 0 Å². The van der Waals surface area contributed by atoms with Gasteiger partial charge in [0.2, 0.25) is 5.91 Å². The summed E-state index contributed by atoms with van der Waals surface area (Å²) in [5.41, 5.74) is 8.90. The SMILES string of the molecule is C[N+]1(CCCCc2ccccc2)CCC(C(C(N)=O)(c2ccccc2)c2ccccc2)C1. The third kappa shape index (κ3) is 4.49. The molecule has 0 radical (unpaired) electrons. The largest absolute Gasteiger partial charge is 0.369 e. The van der Waals surface area contributed by atoms with Crippen molar-refractivity contribution in [2.45, 2.75) is 31.1 Å². The Morgan fingerprint density at radius 3 is 1.94 bits per heavy atom. The molecule has 1 aliphatic rings. The highest BCUT2D eigenvalue weighted by Crippen LogP contribution is 2.45. The normalized spacial score (nSPS) is 20.8. The number of nitrogens with zero attached hydrogens (tertiary/aromatic N) is 1. The molecule has 1 amide bonds. The number of aryl methyl sites for hydroxylation is 1. The zero-order valence-corrected chi connectivity index (χ0v) is 19.1. The molecular weight excluding hydrogens is 392 g/mol. The van der Waals surface area contributed by atoms with Crippen LogP contribution in [0.4, 0.5) is 0 Å². The third-order valence-corrected chi connectivity index (χ3v) is 7.39. The predicted molar refractivity (Wildman–Crippen MR) is 131 cm³/mol. The quantitative estimate of drug-likeness (QED) is 0.381. The highest BCUT2D eigenvalue weighted by atomic mass is 16.1. The van der Waals surface area contributed by atoms with Crippen molar-refractivity contribution < 1.29 is 9.28 Å². The summed E-state index contributed by atoms with van der Waals surface area (Å²) in [6, 6.07) is 31.1. The van der Waals surface area contributed by atoms with Crippen LogP contribution in [0.5, 0.6) is 0 Å². The number of rotatable bonds is 9. The summed E-state index contributed by atoms with van der Waals surface area (Å²) < 4.78 is 1.01. The Morgan fingerprint density at radius 1 is 0.875 bits per heavy atom. The lowest BCUT2D eigenvalue weighted by molar-refractivity contribution is -0.899. The fraction of sp³-hybridized carbons (Fsp3) is 0.345. The Morgan fingerprint density at radius 2 is 1.41 bits per heavy atom. The Bertz CT molecular complexity index is 964. The van der Waals surface area contributed by atoms with E-state index in [1.165, 1.54) is 18.4 Å². The van der Waals surface area contributed by atoms with E-state index in [9.17, 15) is 4.79 Å². The second kappa shape index (κ2) is 9.70. The summed E-state index contributed by atoms with van der Waals surface area (Å²) in [6.45, 7) is 3.20. The van der Waals surface area contributed by atoms with Crippen LogP contribution in [0.15, 0.2) is 91.0 Å². The maximum atomic E-state index is 13.3. The monoisotopic (exact) mass is 427 g/mol. The van der Waals surface area contributed by atoms with Gasteiger partial charge in [0, 0.05) is 12.3 Å². The fourth-order valence-corrected chi connectivity index (χ4v) is 5.73. The van der Waals surface area contributed by atoms with Gasteiger partial charge in [-0.25, -0.2) is 0 Å². The van der Waals surface area contributed by atoms with Crippen LogP contribution < -0.4 is 5.73 Å². The number of hydrogen-bond acceptors (Lipinski definition) is 1. The van der Waals surface area contributed by atoms with Gasteiger partial charge < -0.3 is 10.2 Å². The molecule has 2 unspecified atom stereocenters. The van der Waals surface area contributed by atoms with Crippen molar-refractivity contribution in [3.63, 3.8) is 0 Å². The second-order valence-corrected chi connectivity index (χ2v) is 9.58. The van der Waals surface area contributed by atoms with E-state index in [0.717, 1.165) is 48.1 Å². The van der Waals surface area contributed by atoms with Gasteiger partial charge >= 0.3 is 0 Å². The lowest BCUT2D eigenvalue weighted by atomic mass is 9.64. The smallest absolute Gasteiger partial charge is 0.233 e. The van der Waals surface area contributed by atoms with E-state index >= 15 is 0 Å². The molecule has 1 heterocycles. The molecule has 3 heteroatoms. The van der Waals surface area contributed by atoms with Gasteiger partial charge in [-0.05, 0) is 36.0 Å². The van der Waals surface area contributed by atoms with Crippen molar-refractivity contribution >= 4 is 5.91 Å². The van der Waals surface area contributed by atoms with E-state index in [-0.39, 0.29) is 11.8 Å². The molecule has 0 spiro atoms. The van der Waals surface area contributed by atoms with E-state index < -0.39 is 5.41 Å². The first-order valence-corrected chi connectivity index (χ1v) is 11.8. The van der Waals surface area contributed by atoms with Crippen molar-refractivity contribution in [2.24, 2.45) is 11.7 Å². The van der Waals surface area contributed by atoms with Crippen LogP contribution in [0.3, 0.4) is 0 Å². The average Bonchev–Trinajstić information content (AvgIpc) is 3.21. The summed E-state index contributed by atoms with van der Waals surface area (Å²) in [6.07, 6.45) is 4.52. The Balaban J connectivity index is 1.54. The second-order valence-electron chi connectivity index (χ2n) is 9.58. The van der Waals surface area contributed by atoms with Gasteiger partial charge in [0.1, 0.15) is 5.41 Å². The molecule has 3 aromatic carbocycles. The fourth-order valence-electron chi connectivity index (χ4n) is 5.73. The molecule has 3 nitrogen and oxygen atoms in total. The minimum absolute atomic E-state index is 0.184. The number of carbonyl (C=O) groups excluding carboxylic acids is 1. The highest BCUT2D eigenvalue weighted by molar-refractivity contribution is 5.91. The molecule has 0 bridgehead atoms. The molecule has 1 saturated heterocycles. The Labute approximate surface area is 192 Å². The topological polar surface area (TPSA) is 43.1 Å². The summed E-state index contributed by atoms with van der Waals surface area (Å²) in [5.74, 6) is -0.0543. The molecule has 0 aliphatic carbocycles. The number of carbonyl (C=O) groups is 1. The molecule has 3 aromatic rings. The van der Waals surface area contributed by atoms with Gasteiger partial charge in [0.05, 0.1) is 26.7 Å². The lowest BCUT2D eigenvalue weighted by Gasteiger charge is -2.38. The number of primary amides is 1. The number of unbranched alkanes of at least 4 members (excludes halogenated alkanes) is 1. The van der Waals surface area contributed by atoms with Gasteiger partial charge in [-0.2, -0.15) is 0 Å². The molecule has 0 aromatic heterocycles. The van der Waals surface area contributed by atoms with Gasteiger partial charge in [-0.3, -0.25) is 4.79 Å². The number of nitrogens with two attached hydrogens (primary N) is 1. The first-order valence-electron chi connectivity index (χ1n) is 11.8. The number of benzene rings is 3. The van der Waals surface area contributed by atoms with Crippen molar-refractivity contribution in [2.75, 3.05) is 26.7 Å². The summed E-state index contributed by atoms with van der Waals surface area (Å²) in [7, 11) is 2.35. The molecule has 166 valence electrons. The molecule has 32 heavy (non-hydrogen) atoms. The van der Waals surface area contributed by atoms with E-state index in [1.807, 2.05) is 36.4 Å². The maximum absolute atomic E-state index is 13.3. The van der Waals surface area contributed by atoms with E-state index in [1.54, 1.807) is 0 Å². The molecule has 2 atom stereocenters. The minimum atomic E-state index is -0.789. The van der Waals surface area contributed by atoms with E-state index in [0.29, 0.717) is 0 Å². The van der Waals surface area contributed by atoms with Crippen LogP contribution in [0.1, 0.15) is 36.0 Å². The summed E-state index contributed by atoms with van der Waals surface area (Å²) in [4.78, 5) is 13.3. The van der Waals surface area contributed by atoms with E-state index in [2.05, 4.69) is 61.6 Å². The molecule has 4 rings (SSSR count). The van der Waals surface area contributed by atoms with Crippen LogP contribution in [-0.4, -0.2) is 37.1 Å². The zero-order valence-electron chi connectivity index (χ0n) is 19.1. The van der Waals surface area contributed by atoms with Crippen LogP contribution >= 0.6 is 0 Å². The van der Waals surface area contributed by atoms with Gasteiger partial charge in [0.15, 0.2) is 0 Å². The molecule has 1 aliphatic heterocycles. The number of likely N-dealkylation sites (tertiary alicyclic amines) is 1. The van der Waals surface area contributed by atoms with Crippen molar-refractivity contribution in [1.82, 2.24) is 0 Å². The molecule has 2 N–H and O–H groups in total. The molecule has 1 fully saturated rings. The zero-order chi connectivity index (χ0) is 22.4. The first-order chi connectivity index (χ1) is 15.5. The van der Waals surface area contributed by atoms with Crippen LogP contribution in [0.2, 0.25) is 0 Å². The van der Waals surface area contributed by atoms with Crippen LogP contribution in [-0.2, 0) is 16.6 Å². The lowest BCUT2D eigenvalue weighted by Crippen LogP contribution is -2.51. The van der Waals surface area contributed by atoms with E-state index in [4.69, 9.17) is 5.73 Å². The molecular formula is C29H35N2O+. The number of amides is 1. The minimum Gasteiger partial charge on any atom is -0.369 e. The van der Waals surface area contributed by atoms with Crippen molar-refractivity contribution in [1.29, 1.82) is 0 Å². The summed E-state index contributed by atoms with van der Waals surface area (Å²) in [5, 5.41) is 0. The van der Waals surface area contributed by atoms with Gasteiger partial charge in [-0.1, -0.05) is 91.0 Å². The summed E-state index contributed by atoms with van der Waals surface area (Å²) >= 11 is 0. The van der Waals surface area contributed by atoms with Crippen LogP contribution in [0, 0.1) is 5.92 Å². The average molecular weight is 428 g/mol. The van der Waals surface area contributed by atoms with Crippen molar-refractivity contribution in [3.8, 4) is 0 Å². The molecule has 0 saturated carbocycles. The van der Waals surface area contributed by atoms with Crippen molar-refractivity contribution in [3.05, 3.63) is 108 Å². The maximum Gasteiger partial charge on any atom is 0.233 e. The first kappa shape index (κ1) is 22.3. The highest BCUT2D eigenvalue weighted by Gasteiger charge is 2.53. The predicted octanol–water partition coefficient (Wildman–Crippen LogP) is 4.95. The third-order valence-electron chi connectivity index (χ3n) is 7.39. The Hall–Kier alpha value is -2.91. The van der Waals surface area contributed by atoms with Gasteiger partial charge in [0.25, 0.3) is 0 Å². The number of quaternary nitrogens is 1. The van der Waals surface area contributed by atoms with Crippen LogP contribution in [0.25, 0.3) is 0 Å².